The number of aromatic nitrogens is 1. The van der Waals surface area contributed by atoms with Crippen molar-refractivity contribution in [3.63, 3.8) is 0 Å². The number of hydrogen-bond acceptors (Lipinski definition) is 5. The van der Waals surface area contributed by atoms with Gasteiger partial charge in [0.2, 0.25) is 5.91 Å². The zero-order valence-corrected chi connectivity index (χ0v) is 14.9. The molecule has 0 aliphatic carbocycles. The van der Waals surface area contributed by atoms with Crippen LogP contribution in [-0.2, 0) is 16.1 Å². The molecule has 0 unspecified atom stereocenters. The Balaban J connectivity index is 1.62. The van der Waals surface area contributed by atoms with Gasteiger partial charge in [0, 0.05) is 26.7 Å². The van der Waals surface area contributed by atoms with Crippen molar-refractivity contribution in [1.82, 2.24) is 15.2 Å². The molecule has 1 aromatic carbocycles. The molecule has 0 spiro atoms. The average molecular weight is 359 g/mol. The molecule has 26 heavy (non-hydrogen) atoms. The molecule has 1 saturated heterocycles. The summed E-state index contributed by atoms with van der Waals surface area (Å²) >= 11 is 0. The van der Waals surface area contributed by atoms with Crippen molar-refractivity contribution in [2.24, 2.45) is 0 Å². The van der Waals surface area contributed by atoms with Crippen molar-refractivity contribution < 1.29 is 18.7 Å². The van der Waals surface area contributed by atoms with Gasteiger partial charge in [-0.25, -0.2) is 4.39 Å². The van der Waals surface area contributed by atoms with Crippen LogP contribution in [-0.4, -0.2) is 48.6 Å². The van der Waals surface area contributed by atoms with Gasteiger partial charge in [-0.05, 0) is 30.7 Å². The number of amides is 1. The molecule has 0 saturated carbocycles. The second-order valence-corrected chi connectivity index (χ2v) is 6.18. The Bertz CT molecular complexity index is 747. The lowest BCUT2D eigenvalue weighted by atomic mass is 10.2. The number of pyridine rings is 1. The highest BCUT2D eigenvalue weighted by Gasteiger charge is 2.25. The van der Waals surface area contributed by atoms with Gasteiger partial charge >= 0.3 is 0 Å². The van der Waals surface area contributed by atoms with Crippen LogP contribution in [0, 0.1) is 12.7 Å². The molecule has 1 N–H and O–H groups in total. The van der Waals surface area contributed by atoms with Gasteiger partial charge < -0.3 is 14.8 Å². The molecule has 0 bridgehead atoms. The third-order valence-corrected chi connectivity index (χ3v) is 4.26. The first-order valence-corrected chi connectivity index (χ1v) is 8.50. The molecule has 138 valence electrons. The summed E-state index contributed by atoms with van der Waals surface area (Å²) in [6.07, 6.45) is 1.12. The monoisotopic (exact) mass is 359 g/mol. The number of para-hydroxylation sites is 1. The number of ether oxygens (including phenoxy) is 2. The SMILES string of the molecule is CNC(=O)[C@@H]1CN(Cc2ccc(Oc3c(C)cccc3F)cn2)CCO1. The number of likely N-dealkylation sites (N-methyl/N-ethyl adjacent to an activating group) is 1. The fourth-order valence-corrected chi connectivity index (χ4v) is 2.82. The summed E-state index contributed by atoms with van der Waals surface area (Å²) in [6.45, 7) is 4.17. The molecule has 2 aromatic rings. The van der Waals surface area contributed by atoms with E-state index < -0.39 is 11.9 Å². The van der Waals surface area contributed by atoms with Gasteiger partial charge in [-0.3, -0.25) is 14.7 Å². The number of nitrogens with zero attached hydrogens (tertiary/aromatic N) is 2. The van der Waals surface area contributed by atoms with Gasteiger partial charge in [-0.1, -0.05) is 12.1 Å². The Morgan fingerprint density at radius 2 is 2.27 bits per heavy atom. The average Bonchev–Trinajstić information content (AvgIpc) is 2.66. The largest absolute Gasteiger partial charge is 0.452 e. The number of nitrogens with one attached hydrogen (secondary N) is 1. The third-order valence-electron chi connectivity index (χ3n) is 4.26. The topological polar surface area (TPSA) is 63.7 Å². The van der Waals surface area contributed by atoms with E-state index >= 15 is 0 Å². The maximum Gasteiger partial charge on any atom is 0.250 e. The summed E-state index contributed by atoms with van der Waals surface area (Å²) in [6, 6.07) is 8.42. The van der Waals surface area contributed by atoms with Gasteiger partial charge in [0.15, 0.2) is 11.6 Å². The van der Waals surface area contributed by atoms with E-state index in [4.69, 9.17) is 9.47 Å². The normalized spacial score (nSPS) is 17.7. The number of carbonyl (C=O) groups is 1. The van der Waals surface area contributed by atoms with Gasteiger partial charge in [0.25, 0.3) is 0 Å². The highest BCUT2D eigenvalue weighted by atomic mass is 19.1. The summed E-state index contributed by atoms with van der Waals surface area (Å²) in [5.41, 5.74) is 1.57. The molecular weight excluding hydrogens is 337 g/mol. The third kappa shape index (κ3) is 4.36. The van der Waals surface area contributed by atoms with E-state index in [1.165, 1.54) is 6.07 Å². The lowest BCUT2D eigenvalue weighted by Gasteiger charge is -2.31. The van der Waals surface area contributed by atoms with Crippen molar-refractivity contribution in [3.05, 3.63) is 53.6 Å². The molecule has 2 heterocycles. The number of morpholine rings is 1. The highest BCUT2D eigenvalue weighted by molar-refractivity contribution is 5.80. The zero-order chi connectivity index (χ0) is 18.5. The lowest BCUT2D eigenvalue weighted by molar-refractivity contribution is -0.138. The van der Waals surface area contributed by atoms with E-state index in [9.17, 15) is 9.18 Å². The summed E-state index contributed by atoms with van der Waals surface area (Å²) < 4.78 is 25.0. The Morgan fingerprint density at radius 1 is 1.42 bits per heavy atom. The van der Waals surface area contributed by atoms with Gasteiger partial charge in [-0.2, -0.15) is 0 Å². The van der Waals surface area contributed by atoms with E-state index in [0.29, 0.717) is 25.4 Å². The van der Waals surface area contributed by atoms with Crippen molar-refractivity contribution in [1.29, 1.82) is 0 Å². The number of benzene rings is 1. The van der Waals surface area contributed by atoms with E-state index in [0.717, 1.165) is 17.8 Å². The Hall–Kier alpha value is -2.51. The van der Waals surface area contributed by atoms with Crippen LogP contribution in [0.15, 0.2) is 36.5 Å². The van der Waals surface area contributed by atoms with Crippen LogP contribution in [0.3, 0.4) is 0 Å². The number of hydrogen-bond donors (Lipinski definition) is 1. The minimum atomic E-state index is -0.458. The Morgan fingerprint density at radius 3 is 2.96 bits per heavy atom. The molecule has 1 fully saturated rings. The van der Waals surface area contributed by atoms with Gasteiger partial charge in [-0.15, -0.1) is 0 Å². The second-order valence-electron chi connectivity index (χ2n) is 6.18. The van der Waals surface area contributed by atoms with Crippen LogP contribution < -0.4 is 10.1 Å². The maximum absolute atomic E-state index is 13.9. The molecule has 1 aliphatic rings. The first kappa shape index (κ1) is 18.3. The summed E-state index contributed by atoms with van der Waals surface area (Å²) in [4.78, 5) is 18.2. The van der Waals surface area contributed by atoms with Crippen molar-refractivity contribution in [2.45, 2.75) is 19.6 Å². The molecule has 0 radical (unpaired) electrons. The van der Waals surface area contributed by atoms with Crippen LogP contribution in [0.2, 0.25) is 0 Å². The summed E-state index contributed by atoms with van der Waals surface area (Å²) in [7, 11) is 1.60. The lowest BCUT2D eigenvalue weighted by Crippen LogP contribution is -2.48. The quantitative estimate of drug-likeness (QED) is 0.887. The molecule has 1 aliphatic heterocycles. The fraction of sp³-hybridized carbons (Fsp3) is 0.368. The standard InChI is InChI=1S/C19H22FN3O3/c1-13-4-3-5-16(20)18(13)26-15-7-6-14(22-10-15)11-23-8-9-25-17(12-23)19(24)21-2/h3-7,10,17H,8-9,11-12H2,1-2H3,(H,21,24)/t17-/m0/s1. The van der Waals surface area contributed by atoms with Crippen LogP contribution in [0.1, 0.15) is 11.3 Å². The number of carbonyl (C=O) groups excluding carboxylic acids is 1. The van der Waals surface area contributed by atoms with Gasteiger partial charge in [0.05, 0.1) is 18.5 Å². The zero-order valence-electron chi connectivity index (χ0n) is 14.9. The van der Waals surface area contributed by atoms with E-state index in [-0.39, 0.29) is 11.7 Å². The minimum Gasteiger partial charge on any atom is -0.452 e. The minimum absolute atomic E-state index is 0.119. The molecule has 1 amide bonds. The highest BCUT2D eigenvalue weighted by Crippen LogP contribution is 2.27. The van der Waals surface area contributed by atoms with Gasteiger partial charge in [0.1, 0.15) is 11.9 Å². The molecular formula is C19H22FN3O3. The number of rotatable bonds is 5. The van der Waals surface area contributed by atoms with Crippen LogP contribution >= 0.6 is 0 Å². The van der Waals surface area contributed by atoms with E-state index in [1.807, 2.05) is 6.07 Å². The first-order chi connectivity index (χ1) is 12.6. The first-order valence-electron chi connectivity index (χ1n) is 8.50. The molecule has 1 aromatic heterocycles. The van der Waals surface area contributed by atoms with E-state index in [1.54, 1.807) is 38.4 Å². The van der Waals surface area contributed by atoms with Crippen molar-refractivity contribution in [3.8, 4) is 11.5 Å². The van der Waals surface area contributed by atoms with Crippen molar-refractivity contribution in [2.75, 3.05) is 26.7 Å². The molecule has 3 rings (SSSR count). The molecule has 7 heteroatoms. The van der Waals surface area contributed by atoms with Crippen molar-refractivity contribution >= 4 is 5.91 Å². The van der Waals surface area contributed by atoms with Crippen LogP contribution in [0.25, 0.3) is 0 Å². The van der Waals surface area contributed by atoms with Crippen LogP contribution in [0.4, 0.5) is 4.39 Å². The fourth-order valence-electron chi connectivity index (χ4n) is 2.82. The summed E-state index contributed by atoms with van der Waals surface area (Å²) in [5.74, 6) is 0.171. The smallest absolute Gasteiger partial charge is 0.250 e. The predicted octanol–water partition coefficient (Wildman–Crippen LogP) is 2.27. The predicted molar refractivity (Wildman–Crippen MR) is 94.5 cm³/mol. The van der Waals surface area contributed by atoms with E-state index in [2.05, 4.69) is 15.2 Å². The second kappa shape index (κ2) is 8.25. The molecule has 1 atom stereocenters. The number of halogens is 1. The Kier molecular flexibility index (Phi) is 5.80. The maximum atomic E-state index is 13.9. The molecule has 6 nitrogen and oxygen atoms in total. The van der Waals surface area contributed by atoms with Crippen LogP contribution in [0.5, 0.6) is 11.5 Å². The summed E-state index contributed by atoms with van der Waals surface area (Å²) in [5, 5.41) is 2.61. The Labute approximate surface area is 151 Å². The number of aryl methyl sites for hydroxylation is 1.